The van der Waals surface area contributed by atoms with Gasteiger partial charge in [0.05, 0.1) is 29.3 Å². The van der Waals surface area contributed by atoms with E-state index in [9.17, 15) is 14.7 Å². The van der Waals surface area contributed by atoms with E-state index in [0.29, 0.717) is 35.2 Å². The monoisotopic (exact) mass is 458 g/mol. The molecule has 8 nitrogen and oxygen atoms in total. The van der Waals surface area contributed by atoms with E-state index < -0.39 is 11.8 Å². The van der Waals surface area contributed by atoms with Gasteiger partial charge in [0.15, 0.2) is 0 Å². The van der Waals surface area contributed by atoms with Crippen LogP contribution in [0.4, 0.5) is 0 Å². The molecule has 174 valence electrons. The van der Waals surface area contributed by atoms with Crippen LogP contribution in [0.3, 0.4) is 0 Å². The summed E-state index contributed by atoms with van der Waals surface area (Å²) >= 11 is 0. The number of fused-ring (bicyclic) bond motifs is 2. The molecular weight excluding hydrogens is 432 g/mol. The van der Waals surface area contributed by atoms with Gasteiger partial charge in [0.1, 0.15) is 5.75 Å². The van der Waals surface area contributed by atoms with Crippen LogP contribution >= 0.6 is 0 Å². The summed E-state index contributed by atoms with van der Waals surface area (Å²) in [7, 11) is 5.62. The van der Waals surface area contributed by atoms with Crippen LogP contribution in [-0.4, -0.2) is 65.2 Å². The van der Waals surface area contributed by atoms with E-state index in [1.54, 1.807) is 25.4 Å². The summed E-state index contributed by atoms with van der Waals surface area (Å²) in [5, 5.41) is 14.6. The minimum atomic E-state index is -0.482. The van der Waals surface area contributed by atoms with Gasteiger partial charge in [-0.2, -0.15) is 0 Å². The predicted octanol–water partition coefficient (Wildman–Crippen LogP) is 2.97. The Morgan fingerprint density at radius 1 is 1.03 bits per heavy atom. The van der Waals surface area contributed by atoms with Crippen LogP contribution in [0.15, 0.2) is 54.9 Å². The lowest BCUT2D eigenvalue weighted by atomic mass is 9.95. The van der Waals surface area contributed by atoms with Crippen molar-refractivity contribution < 1.29 is 19.4 Å². The summed E-state index contributed by atoms with van der Waals surface area (Å²) in [4.78, 5) is 31.3. The number of aromatic amines is 1. The maximum atomic E-state index is 13.1. The third-order valence-corrected chi connectivity index (χ3v) is 6.25. The Balaban J connectivity index is 1.74. The van der Waals surface area contributed by atoms with Crippen molar-refractivity contribution >= 4 is 44.8 Å². The van der Waals surface area contributed by atoms with Crippen LogP contribution in [0, 0.1) is 0 Å². The first-order valence-electron chi connectivity index (χ1n) is 11.0. The van der Waals surface area contributed by atoms with Gasteiger partial charge in [-0.05, 0) is 32.3 Å². The van der Waals surface area contributed by atoms with Gasteiger partial charge >= 0.3 is 0 Å². The first-order chi connectivity index (χ1) is 16.4. The molecule has 0 saturated carbocycles. The molecule has 0 spiro atoms. The smallest absolute Gasteiger partial charge is 0.259 e. The highest BCUT2D eigenvalue weighted by molar-refractivity contribution is 6.50. The summed E-state index contributed by atoms with van der Waals surface area (Å²) < 4.78 is 7.64. The van der Waals surface area contributed by atoms with E-state index in [1.807, 2.05) is 60.1 Å². The second-order valence-corrected chi connectivity index (χ2v) is 8.77. The highest BCUT2D eigenvalue weighted by atomic mass is 16.5. The van der Waals surface area contributed by atoms with Gasteiger partial charge in [-0.25, -0.2) is 0 Å². The number of aromatic nitrogens is 2. The van der Waals surface area contributed by atoms with Crippen molar-refractivity contribution in [2.75, 3.05) is 27.7 Å². The lowest BCUT2D eigenvalue weighted by Crippen LogP contribution is -2.31. The molecule has 0 radical (unpaired) electrons. The Bertz CT molecular complexity index is 1460. The van der Waals surface area contributed by atoms with Crippen molar-refractivity contribution in [3.05, 3.63) is 66.0 Å². The lowest BCUT2D eigenvalue weighted by molar-refractivity contribution is -0.122. The predicted molar refractivity (Wildman–Crippen MR) is 131 cm³/mol. The number of para-hydroxylation sites is 1. The number of carbonyl (C=O) groups is 2. The number of nitrogens with zero attached hydrogens (tertiary/aromatic N) is 2. The Hall–Kier alpha value is -3.88. The number of carbonyl (C=O) groups excluding carboxylic acids is 2. The zero-order chi connectivity index (χ0) is 24.0. The second-order valence-electron chi connectivity index (χ2n) is 8.77. The number of methoxy groups -OCH3 is 1. The summed E-state index contributed by atoms with van der Waals surface area (Å²) in [6, 6.07) is 12.9. The lowest BCUT2D eigenvalue weighted by Gasteiger charge is -2.20. The summed E-state index contributed by atoms with van der Waals surface area (Å²) in [6.45, 7) is 1.21. The molecule has 34 heavy (non-hydrogen) atoms. The number of hydrogen-bond donors (Lipinski definition) is 3. The number of rotatable bonds is 7. The largest absolute Gasteiger partial charge is 0.507 e. The number of imide groups is 1. The molecule has 1 aliphatic rings. The van der Waals surface area contributed by atoms with E-state index in [-0.39, 0.29) is 17.4 Å². The number of hydrogen-bond acceptors (Lipinski definition) is 5. The molecule has 2 aromatic carbocycles. The van der Waals surface area contributed by atoms with Gasteiger partial charge in [0, 0.05) is 53.5 Å². The summed E-state index contributed by atoms with van der Waals surface area (Å²) in [5.41, 5.74) is 3.33. The first kappa shape index (κ1) is 21.9. The van der Waals surface area contributed by atoms with Gasteiger partial charge < -0.3 is 24.3 Å². The molecule has 0 bridgehead atoms. The molecule has 0 fully saturated rings. The number of aromatic hydroxyl groups is 1. The standard InChI is InChI=1S/C26H26N4O4/c1-29(2)12-15(34-3)13-30-14-18(22-20(30)9-6-10-21(22)31)24-23(25(32)28-26(24)33)17-11-27-19-8-5-4-7-16(17)19/h4-11,14-15,27,31H,12-13H2,1-3H3,(H,28,32,33). The fourth-order valence-electron chi connectivity index (χ4n) is 4.76. The van der Waals surface area contributed by atoms with E-state index in [1.165, 1.54) is 0 Å². The molecule has 1 atom stereocenters. The van der Waals surface area contributed by atoms with Crippen molar-refractivity contribution in [1.82, 2.24) is 19.8 Å². The first-order valence-corrected chi connectivity index (χ1v) is 11.0. The van der Waals surface area contributed by atoms with E-state index in [2.05, 4.69) is 10.3 Å². The van der Waals surface area contributed by atoms with E-state index in [4.69, 9.17) is 4.74 Å². The average molecular weight is 459 g/mol. The highest BCUT2D eigenvalue weighted by Crippen LogP contribution is 2.40. The van der Waals surface area contributed by atoms with Crippen LogP contribution in [0.1, 0.15) is 11.1 Å². The number of phenols is 1. The van der Waals surface area contributed by atoms with Crippen LogP contribution < -0.4 is 5.32 Å². The van der Waals surface area contributed by atoms with Gasteiger partial charge in [0.2, 0.25) is 0 Å². The van der Waals surface area contributed by atoms with Crippen LogP contribution in [0.2, 0.25) is 0 Å². The minimum absolute atomic E-state index is 0.0470. The molecule has 3 heterocycles. The quantitative estimate of drug-likeness (QED) is 0.370. The zero-order valence-electron chi connectivity index (χ0n) is 19.3. The number of ether oxygens (including phenoxy) is 1. The number of H-pyrrole nitrogens is 1. The molecule has 8 heteroatoms. The van der Waals surface area contributed by atoms with Gasteiger partial charge in [-0.3, -0.25) is 14.9 Å². The summed E-state index contributed by atoms with van der Waals surface area (Å²) in [6.07, 6.45) is 3.46. The molecule has 0 aliphatic carbocycles. The molecule has 2 amide bonds. The third kappa shape index (κ3) is 3.57. The normalized spacial score (nSPS) is 15.2. The summed E-state index contributed by atoms with van der Waals surface area (Å²) in [5.74, 6) is -0.890. The SMILES string of the molecule is COC(CN(C)C)Cn1cc(C2=C(c3c[nH]c4ccccc34)C(=O)NC2=O)c2c(O)cccc21. The van der Waals surface area contributed by atoms with Crippen LogP contribution in [-0.2, 0) is 20.9 Å². The van der Waals surface area contributed by atoms with Crippen molar-refractivity contribution in [2.45, 2.75) is 12.6 Å². The fraction of sp³-hybridized carbons (Fsp3) is 0.231. The van der Waals surface area contributed by atoms with Crippen molar-refractivity contribution in [2.24, 2.45) is 0 Å². The Kier molecular flexibility index (Phi) is 5.47. The number of benzene rings is 2. The van der Waals surface area contributed by atoms with Gasteiger partial charge in [0.25, 0.3) is 11.8 Å². The number of amides is 2. The highest BCUT2D eigenvalue weighted by Gasteiger charge is 2.35. The third-order valence-electron chi connectivity index (χ3n) is 6.25. The zero-order valence-corrected chi connectivity index (χ0v) is 19.3. The fourth-order valence-corrected chi connectivity index (χ4v) is 4.76. The average Bonchev–Trinajstić information content (AvgIpc) is 3.46. The second kappa shape index (κ2) is 8.48. The maximum Gasteiger partial charge on any atom is 0.259 e. The molecule has 5 rings (SSSR count). The Morgan fingerprint density at radius 3 is 2.50 bits per heavy atom. The Labute approximate surface area is 196 Å². The maximum absolute atomic E-state index is 13.1. The molecule has 0 saturated heterocycles. The molecule has 3 N–H and O–H groups in total. The Morgan fingerprint density at radius 2 is 1.76 bits per heavy atom. The van der Waals surface area contributed by atoms with E-state index in [0.717, 1.165) is 16.4 Å². The molecule has 1 unspecified atom stereocenters. The van der Waals surface area contributed by atoms with Crippen LogP contribution in [0.5, 0.6) is 5.75 Å². The topological polar surface area (TPSA) is 99.6 Å². The molecule has 2 aromatic heterocycles. The number of phenolic OH excluding ortho intramolecular Hbond substituents is 1. The van der Waals surface area contributed by atoms with Crippen molar-refractivity contribution in [3.8, 4) is 5.75 Å². The van der Waals surface area contributed by atoms with Crippen molar-refractivity contribution in [1.29, 1.82) is 0 Å². The van der Waals surface area contributed by atoms with Crippen molar-refractivity contribution in [3.63, 3.8) is 0 Å². The molecule has 4 aromatic rings. The van der Waals surface area contributed by atoms with Gasteiger partial charge in [-0.1, -0.05) is 24.3 Å². The molecule has 1 aliphatic heterocycles. The van der Waals surface area contributed by atoms with E-state index >= 15 is 0 Å². The molecular formula is C26H26N4O4. The number of nitrogens with one attached hydrogen (secondary N) is 2. The minimum Gasteiger partial charge on any atom is -0.507 e. The van der Waals surface area contributed by atoms with Gasteiger partial charge in [-0.15, -0.1) is 0 Å². The van der Waals surface area contributed by atoms with Crippen LogP contribution in [0.25, 0.3) is 33.0 Å². The number of likely N-dealkylation sites (N-methyl/N-ethyl adjacent to an activating group) is 1.